The van der Waals surface area contributed by atoms with E-state index in [0.29, 0.717) is 5.91 Å². The topological polar surface area (TPSA) is 52.9 Å². The predicted octanol–water partition coefficient (Wildman–Crippen LogP) is 2.66. The summed E-state index contributed by atoms with van der Waals surface area (Å²) in [5.74, 6) is 0.838. The number of piperidine rings is 1. The highest BCUT2D eigenvalue weighted by molar-refractivity contribution is 5.89. The molecule has 2 fully saturated rings. The summed E-state index contributed by atoms with van der Waals surface area (Å²) in [7, 11) is 0. The van der Waals surface area contributed by atoms with Crippen LogP contribution in [0.3, 0.4) is 0 Å². The molecule has 1 saturated carbocycles. The number of carbonyl (C=O) groups is 1. The Morgan fingerprint density at radius 2 is 2.11 bits per heavy atom. The lowest BCUT2D eigenvalue weighted by molar-refractivity contribution is -0.137. The van der Waals surface area contributed by atoms with Crippen molar-refractivity contribution in [3.05, 3.63) is 0 Å². The third-order valence-electron chi connectivity index (χ3n) is 4.44. The third-order valence-corrected chi connectivity index (χ3v) is 4.44. The normalized spacial score (nSPS) is 28.6. The molecule has 2 aliphatic rings. The van der Waals surface area contributed by atoms with Gasteiger partial charge in [0.1, 0.15) is 0 Å². The first-order valence-corrected chi connectivity index (χ1v) is 7.25. The van der Waals surface area contributed by atoms with Crippen molar-refractivity contribution in [2.24, 2.45) is 17.0 Å². The molecule has 1 N–H and O–H groups in total. The Hall–Kier alpha value is -1.06. The molecule has 1 aliphatic heterocycles. The summed E-state index contributed by atoms with van der Waals surface area (Å²) < 4.78 is 0. The van der Waals surface area contributed by atoms with Crippen LogP contribution < -0.4 is 0 Å². The summed E-state index contributed by atoms with van der Waals surface area (Å²) in [6.45, 7) is 3.56. The highest BCUT2D eigenvalue weighted by Gasteiger charge is 2.31. The van der Waals surface area contributed by atoms with E-state index in [2.05, 4.69) is 12.1 Å². The van der Waals surface area contributed by atoms with Gasteiger partial charge in [-0.05, 0) is 19.3 Å². The Balaban J connectivity index is 1.95. The SMILES string of the molecule is CCC1CN(C(=O)C2CCCCC2)CCC1=NO. The molecular weight excluding hydrogens is 228 g/mol. The zero-order valence-corrected chi connectivity index (χ0v) is 11.3. The fourth-order valence-electron chi connectivity index (χ4n) is 3.22. The summed E-state index contributed by atoms with van der Waals surface area (Å²) in [4.78, 5) is 14.4. The molecular formula is C14H24N2O2. The van der Waals surface area contributed by atoms with Crippen LogP contribution in [0.4, 0.5) is 0 Å². The van der Waals surface area contributed by atoms with E-state index in [1.165, 1.54) is 19.3 Å². The summed E-state index contributed by atoms with van der Waals surface area (Å²) in [5.41, 5.74) is 0.866. The highest BCUT2D eigenvalue weighted by atomic mass is 16.4. The number of carbonyl (C=O) groups excluding carboxylic acids is 1. The molecule has 1 heterocycles. The van der Waals surface area contributed by atoms with Gasteiger partial charge in [0.15, 0.2) is 0 Å². The Bertz CT molecular complexity index is 322. The first kappa shape index (κ1) is 13.4. The van der Waals surface area contributed by atoms with E-state index in [9.17, 15) is 4.79 Å². The molecule has 0 radical (unpaired) electrons. The van der Waals surface area contributed by atoms with Gasteiger partial charge in [0, 0.05) is 31.3 Å². The van der Waals surface area contributed by atoms with Crippen LogP contribution in [0.15, 0.2) is 5.16 Å². The van der Waals surface area contributed by atoms with Crippen LogP contribution in [0.1, 0.15) is 51.9 Å². The van der Waals surface area contributed by atoms with Gasteiger partial charge in [-0.15, -0.1) is 0 Å². The maximum absolute atomic E-state index is 12.4. The second-order valence-corrected chi connectivity index (χ2v) is 5.57. The molecule has 1 unspecified atom stereocenters. The zero-order chi connectivity index (χ0) is 13.0. The minimum absolute atomic E-state index is 0.247. The van der Waals surface area contributed by atoms with Gasteiger partial charge in [0.25, 0.3) is 0 Å². The van der Waals surface area contributed by atoms with Crippen LogP contribution in [-0.2, 0) is 4.79 Å². The van der Waals surface area contributed by atoms with E-state index in [0.717, 1.165) is 44.5 Å². The minimum Gasteiger partial charge on any atom is -0.411 e. The average molecular weight is 252 g/mol. The van der Waals surface area contributed by atoms with Gasteiger partial charge < -0.3 is 10.1 Å². The van der Waals surface area contributed by atoms with E-state index < -0.39 is 0 Å². The van der Waals surface area contributed by atoms with Crippen LogP contribution in [0.25, 0.3) is 0 Å². The van der Waals surface area contributed by atoms with Gasteiger partial charge in [-0.1, -0.05) is 31.3 Å². The van der Waals surface area contributed by atoms with Crippen molar-refractivity contribution in [1.82, 2.24) is 4.90 Å². The lowest BCUT2D eigenvalue weighted by Gasteiger charge is -2.36. The molecule has 102 valence electrons. The van der Waals surface area contributed by atoms with Crippen LogP contribution in [-0.4, -0.2) is 34.8 Å². The lowest BCUT2D eigenvalue weighted by atomic mass is 9.86. The number of oxime groups is 1. The Morgan fingerprint density at radius 3 is 2.72 bits per heavy atom. The predicted molar refractivity (Wildman–Crippen MR) is 70.8 cm³/mol. The van der Waals surface area contributed by atoms with Crippen molar-refractivity contribution >= 4 is 11.6 Å². The van der Waals surface area contributed by atoms with Crippen molar-refractivity contribution in [2.45, 2.75) is 51.9 Å². The van der Waals surface area contributed by atoms with Gasteiger partial charge in [-0.2, -0.15) is 0 Å². The van der Waals surface area contributed by atoms with Crippen LogP contribution in [0, 0.1) is 11.8 Å². The molecule has 1 atom stereocenters. The molecule has 1 saturated heterocycles. The monoisotopic (exact) mass is 252 g/mol. The Kier molecular flexibility index (Phi) is 4.61. The molecule has 0 aromatic heterocycles. The van der Waals surface area contributed by atoms with E-state index in [1.807, 2.05) is 4.90 Å². The van der Waals surface area contributed by atoms with E-state index in [4.69, 9.17) is 5.21 Å². The largest absolute Gasteiger partial charge is 0.411 e. The first-order chi connectivity index (χ1) is 8.76. The number of hydrogen-bond donors (Lipinski definition) is 1. The zero-order valence-electron chi connectivity index (χ0n) is 11.3. The summed E-state index contributed by atoms with van der Waals surface area (Å²) in [6, 6.07) is 0. The summed E-state index contributed by atoms with van der Waals surface area (Å²) >= 11 is 0. The van der Waals surface area contributed by atoms with Gasteiger partial charge in [-0.25, -0.2) is 0 Å². The molecule has 4 nitrogen and oxygen atoms in total. The van der Waals surface area contributed by atoms with Crippen molar-refractivity contribution in [2.75, 3.05) is 13.1 Å². The van der Waals surface area contributed by atoms with Gasteiger partial charge in [-0.3, -0.25) is 4.79 Å². The molecule has 0 aromatic carbocycles. The molecule has 18 heavy (non-hydrogen) atoms. The molecule has 0 aromatic rings. The van der Waals surface area contributed by atoms with Crippen LogP contribution in [0.5, 0.6) is 0 Å². The number of likely N-dealkylation sites (tertiary alicyclic amines) is 1. The third kappa shape index (κ3) is 2.85. The second-order valence-electron chi connectivity index (χ2n) is 5.57. The fraction of sp³-hybridized carbons (Fsp3) is 0.857. The first-order valence-electron chi connectivity index (χ1n) is 7.25. The standard InChI is InChI=1S/C14H24N2O2/c1-2-11-10-16(9-8-13(11)15-18)14(17)12-6-4-3-5-7-12/h11-12,18H,2-10H2,1H3. The Morgan fingerprint density at radius 1 is 1.39 bits per heavy atom. The van der Waals surface area contributed by atoms with Crippen molar-refractivity contribution in [1.29, 1.82) is 0 Å². The fourth-order valence-corrected chi connectivity index (χ4v) is 3.22. The number of rotatable bonds is 2. The van der Waals surface area contributed by atoms with Crippen molar-refractivity contribution in [3.63, 3.8) is 0 Å². The average Bonchev–Trinajstić information content (AvgIpc) is 2.46. The molecule has 4 heteroatoms. The quantitative estimate of drug-likeness (QED) is 0.607. The number of nitrogens with zero attached hydrogens (tertiary/aromatic N) is 2. The maximum atomic E-state index is 12.4. The molecule has 0 bridgehead atoms. The second kappa shape index (κ2) is 6.21. The summed E-state index contributed by atoms with van der Waals surface area (Å²) in [6.07, 6.45) is 7.47. The van der Waals surface area contributed by atoms with E-state index in [1.54, 1.807) is 0 Å². The smallest absolute Gasteiger partial charge is 0.225 e. The molecule has 1 amide bonds. The molecule has 2 rings (SSSR count). The lowest BCUT2D eigenvalue weighted by Crippen LogP contribution is -2.46. The van der Waals surface area contributed by atoms with Gasteiger partial charge in [0.2, 0.25) is 5.91 Å². The summed E-state index contributed by atoms with van der Waals surface area (Å²) in [5, 5.41) is 12.3. The van der Waals surface area contributed by atoms with Gasteiger partial charge >= 0.3 is 0 Å². The van der Waals surface area contributed by atoms with Crippen LogP contribution in [0.2, 0.25) is 0 Å². The molecule has 1 aliphatic carbocycles. The number of amides is 1. The van der Waals surface area contributed by atoms with Gasteiger partial charge in [0.05, 0.1) is 5.71 Å². The number of hydrogen-bond acceptors (Lipinski definition) is 3. The van der Waals surface area contributed by atoms with E-state index >= 15 is 0 Å². The molecule has 0 spiro atoms. The maximum Gasteiger partial charge on any atom is 0.225 e. The Labute approximate surface area is 109 Å². The van der Waals surface area contributed by atoms with Crippen molar-refractivity contribution < 1.29 is 10.0 Å². The minimum atomic E-state index is 0.247. The van der Waals surface area contributed by atoms with Crippen molar-refractivity contribution in [3.8, 4) is 0 Å². The highest BCUT2D eigenvalue weighted by Crippen LogP contribution is 2.27. The van der Waals surface area contributed by atoms with E-state index in [-0.39, 0.29) is 11.8 Å². The van der Waals surface area contributed by atoms with Crippen LogP contribution >= 0.6 is 0 Å².